The molecule has 5 heteroatoms. The molecule has 0 spiro atoms. The minimum absolute atomic E-state index is 0.0135. The van der Waals surface area contributed by atoms with Crippen LogP contribution in [0.25, 0.3) is 0 Å². The standard InChI is InChI=1S/C11H14ClNO3/c1-2-3-10(14)7-8-6-9(12)4-5-11(8)13(15)16/h4-6,10,14H,2-3,7H2,1H3. The predicted molar refractivity (Wildman–Crippen MR) is 62.7 cm³/mol. The van der Waals surface area contributed by atoms with Crippen LogP contribution in [-0.2, 0) is 6.42 Å². The highest BCUT2D eigenvalue weighted by molar-refractivity contribution is 6.30. The van der Waals surface area contributed by atoms with E-state index in [1.54, 1.807) is 6.07 Å². The Bertz CT molecular complexity index is 381. The van der Waals surface area contributed by atoms with Crippen LogP contribution < -0.4 is 0 Å². The number of hydrogen-bond donors (Lipinski definition) is 1. The third kappa shape index (κ3) is 3.47. The molecule has 1 N–H and O–H groups in total. The first-order chi connectivity index (χ1) is 7.54. The Morgan fingerprint density at radius 2 is 2.25 bits per heavy atom. The molecule has 0 aromatic heterocycles. The van der Waals surface area contributed by atoms with Crippen LogP contribution in [0.5, 0.6) is 0 Å². The lowest BCUT2D eigenvalue weighted by molar-refractivity contribution is -0.385. The molecular formula is C11H14ClNO3. The molecule has 1 aromatic rings. The zero-order chi connectivity index (χ0) is 12.1. The van der Waals surface area contributed by atoms with Gasteiger partial charge in [0.05, 0.1) is 11.0 Å². The van der Waals surface area contributed by atoms with Gasteiger partial charge in [0.1, 0.15) is 0 Å². The molecular weight excluding hydrogens is 230 g/mol. The number of halogens is 1. The van der Waals surface area contributed by atoms with Crippen LogP contribution in [0, 0.1) is 10.1 Å². The van der Waals surface area contributed by atoms with E-state index in [-0.39, 0.29) is 12.1 Å². The van der Waals surface area contributed by atoms with Crippen molar-refractivity contribution in [2.24, 2.45) is 0 Å². The Morgan fingerprint density at radius 1 is 1.56 bits per heavy atom. The van der Waals surface area contributed by atoms with Gasteiger partial charge in [-0.1, -0.05) is 24.9 Å². The summed E-state index contributed by atoms with van der Waals surface area (Å²) in [5.74, 6) is 0. The second-order valence-corrected chi connectivity index (χ2v) is 4.11. The maximum atomic E-state index is 10.8. The van der Waals surface area contributed by atoms with E-state index >= 15 is 0 Å². The Hall–Kier alpha value is -1.13. The van der Waals surface area contributed by atoms with Crippen molar-refractivity contribution in [3.63, 3.8) is 0 Å². The number of nitrogens with zero attached hydrogens (tertiary/aromatic N) is 1. The normalized spacial score (nSPS) is 12.4. The summed E-state index contributed by atoms with van der Waals surface area (Å²) in [5, 5.41) is 20.8. The number of hydrogen-bond acceptors (Lipinski definition) is 3. The van der Waals surface area contributed by atoms with Gasteiger partial charge in [0.15, 0.2) is 0 Å². The summed E-state index contributed by atoms with van der Waals surface area (Å²) >= 11 is 5.78. The summed E-state index contributed by atoms with van der Waals surface area (Å²) < 4.78 is 0. The van der Waals surface area contributed by atoms with Crippen molar-refractivity contribution < 1.29 is 10.0 Å². The summed E-state index contributed by atoms with van der Waals surface area (Å²) in [6.07, 6.45) is 1.19. The average Bonchev–Trinajstić information content (AvgIpc) is 2.17. The van der Waals surface area contributed by atoms with Gasteiger partial charge in [-0.15, -0.1) is 0 Å². The smallest absolute Gasteiger partial charge is 0.272 e. The number of nitro groups is 1. The first-order valence-corrected chi connectivity index (χ1v) is 5.53. The second kappa shape index (κ2) is 5.82. The van der Waals surface area contributed by atoms with Gasteiger partial charge in [0.2, 0.25) is 0 Å². The molecule has 0 heterocycles. The maximum Gasteiger partial charge on any atom is 0.272 e. The van der Waals surface area contributed by atoms with Crippen LogP contribution in [0.15, 0.2) is 18.2 Å². The van der Waals surface area contributed by atoms with E-state index in [0.717, 1.165) is 6.42 Å². The Balaban J connectivity index is 2.92. The monoisotopic (exact) mass is 243 g/mol. The van der Waals surface area contributed by atoms with E-state index in [9.17, 15) is 15.2 Å². The van der Waals surface area contributed by atoms with Crippen molar-refractivity contribution in [2.45, 2.75) is 32.3 Å². The van der Waals surface area contributed by atoms with Crippen molar-refractivity contribution in [3.8, 4) is 0 Å². The van der Waals surface area contributed by atoms with E-state index in [1.807, 2.05) is 6.92 Å². The summed E-state index contributed by atoms with van der Waals surface area (Å²) in [4.78, 5) is 10.3. The molecule has 0 aliphatic rings. The fourth-order valence-corrected chi connectivity index (χ4v) is 1.78. The van der Waals surface area contributed by atoms with Gasteiger partial charge in [-0.05, 0) is 18.6 Å². The Labute approximate surface area is 99.0 Å². The molecule has 88 valence electrons. The fraction of sp³-hybridized carbons (Fsp3) is 0.455. The van der Waals surface area contributed by atoms with Crippen LogP contribution in [0.1, 0.15) is 25.3 Å². The van der Waals surface area contributed by atoms with Crippen molar-refractivity contribution in [2.75, 3.05) is 0 Å². The largest absolute Gasteiger partial charge is 0.393 e. The van der Waals surface area contributed by atoms with Gasteiger partial charge in [0, 0.05) is 23.1 Å². The molecule has 0 saturated carbocycles. The van der Waals surface area contributed by atoms with Gasteiger partial charge in [-0.3, -0.25) is 10.1 Å². The molecule has 4 nitrogen and oxygen atoms in total. The fourth-order valence-electron chi connectivity index (χ4n) is 1.58. The summed E-state index contributed by atoms with van der Waals surface area (Å²) in [5.41, 5.74) is 0.498. The predicted octanol–water partition coefficient (Wildman–Crippen LogP) is 2.95. The highest BCUT2D eigenvalue weighted by Gasteiger charge is 2.16. The first-order valence-electron chi connectivity index (χ1n) is 5.15. The van der Waals surface area contributed by atoms with Crippen LogP contribution in [-0.4, -0.2) is 16.1 Å². The Morgan fingerprint density at radius 3 is 2.81 bits per heavy atom. The quantitative estimate of drug-likeness (QED) is 0.639. The third-order valence-corrected chi connectivity index (χ3v) is 2.55. The van der Waals surface area contributed by atoms with Gasteiger partial charge in [-0.2, -0.15) is 0 Å². The molecule has 0 bridgehead atoms. The highest BCUT2D eigenvalue weighted by Crippen LogP contribution is 2.24. The molecule has 1 aromatic carbocycles. The van der Waals surface area contributed by atoms with Gasteiger partial charge in [-0.25, -0.2) is 0 Å². The molecule has 0 fully saturated rings. The molecule has 1 atom stereocenters. The molecule has 0 saturated heterocycles. The zero-order valence-electron chi connectivity index (χ0n) is 9.02. The minimum Gasteiger partial charge on any atom is -0.393 e. The van der Waals surface area contributed by atoms with E-state index in [4.69, 9.17) is 11.6 Å². The molecule has 16 heavy (non-hydrogen) atoms. The van der Waals surface area contributed by atoms with Crippen LogP contribution >= 0.6 is 11.6 Å². The van der Waals surface area contributed by atoms with E-state index in [1.165, 1.54) is 12.1 Å². The van der Waals surface area contributed by atoms with Gasteiger partial charge >= 0.3 is 0 Å². The van der Waals surface area contributed by atoms with Crippen LogP contribution in [0.4, 0.5) is 5.69 Å². The number of aliphatic hydroxyl groups is 1. The van der Waals surface area contributed by atoms with Crippen molar-refractivity contribution in [1.82, 2.24) is 0 Å². The van der Waals surface area contributed by atoms with E-state index in [0.29, 0.717) is 17.0 Å². The average molecular weight is 244 g/mol. The molecule has 0 radical (unpaired) electrons. The molecule has 0 aliphatic heterocycles. The lowest BCUT2D eigenvalue weighted by Gasteiger charge is -2.09. The zero-order valence-corrected chi connectivity index (χ0v) is 9.78. The van der Waals surface area contributed by atoms with E-state index in [2.05, 4.69) is 0 Å². The Kier molecular flexibility index (Phi) is 4.71. The lowest BCUT2D eigenvalue weighted by atomic mass is 10.0. The molecule has 1 unspecified atom stereocenters. The second-order valence-electron chi connectivity index (χ2n) is 3.68. The summed E-state index contributed by atoms with van der Waals surface area (Å²) in [6, 6.07) is 4.39. The van der Waals surface area contributed by atoms with Crippen molar-refractivity contribution >= 4 is 17.3 Å². The van der Waals surface area contributed by atoms with Gasteiger partial charge < -0.3 is 5.11 Å². The first kappa shape index (κ1) is 12.9. The topological polar surface area (TPSA) is 63.4 Å². The number of nitro benzene ring substituents is 1. The molecule has 0 aliphatic carbocycles. The van der Waals surface area contributed by atoms with E-state index < -0.39 is 11.0 Å². The third-order valence-electron chi connectivity index (χ3n) is 2.32. The lowest BCUT2D eigenvalue weighted by Crippen LogP contribution is -2.11. The minimum atomic E-state index is -0.554. The van der Waals surface area contributed by atoms with Gasteiger partial charge in [0.25, 0.3) is 5.69 Å². The highest BCUT2D eigenvalue weighted by atomic mass is 35.5. The number of benzene rings is 1. The van der Waals surface area contributed by atoms with Crippen LogP contribution in [0.2, 0.25) is 5.02 Å². The molecule has 0 amide bonds. The number of rotatable bonds is 5. The summed E-state index contributed by atoms with van der Waals surface area (Å²) in [7, 11) is 0. The summed E-state index contributed by atoms with van der Waals surface area (Å²) in [6.45, 7) is 1.95. The number of aliphatic hydroxyl groups excluding tert-OH is 1. The SMILES string of the molecule is CCCC(O)Cc1cc(Cl)ccc1[N+](=O)[O-]. The van der Waals surface area contributed by atoms with Crippen molar-refractivity contribution in [1.29, 1.82) is 0 Å². The van der Waals surface area contributed by atoms with Crippen LogP contribution in [0.3, 0.4) is 0 Å². The van der Waals surface area contributed by atoms with Crippen molar-refractivity contribution in [3.05, 3.63) is 38.9 Å². The molecule has 1 rings (SSSR count). The maximum absolute atomic E-state index is 10.8.